The Bertz CT molecular complexity index is 222. The van der Waals surface area contributed by atoms with Gasteiger partial charge in [0.15, 0.2) is 0 Å². The van der Waals surface area contributed by atoms with E-state index in [1.54, 1.807) is 0 Å². The van der Waals surface area contributed by atoms with Gasteiger partial charge in [-0.1, -0.05) is 38.1 Å². The van der Waals surface area contributed by atoms with E-state index in [0.29, 0.717) is 5.41 Å². The van der Waals surface area contributed by atoms with Crippen molar-refractivity contribution in [3.05, 3.63) is 35.4 Å². The van der Waals surface area contributed by atoms with Crippen molar-refractivity contribution in [2.24, 2.45) is 0 Å². The van der Waals surface area contributed by atoms with Gasteiger partial charge in [0.05, 0.1) is 0 Å². The minimum atomic E-state index is 0. The summed E-state index contributed by atoms with van der Waals surface area (Å²) in [5, 5.41) is 0. The lowest BCUT2D eigenvalue weighted by molar-refractivity contribution is 0.595. The Morgan fingerprint density at radius 2 is 1.60 bits per heavy atom. The molecule has 0 spiro atoms. The molecule has 0 radical (unpaired) electrons. The van der Waals surface area contributed by atoms with Gasteiger partial charge >= 0.3 is 0 Å². The Balaban J connectivity index is 0.000000500. The van der Waals surface area contributed by atoms with Crippen LogP contribution < -0.4 is 0 Å². The molecule has 1 heteroatoms. The molecular formula is C9H11Br. The second kappa shape index (κ2) is 2.09. The molecule has 0 aliphatic heterocycles. The molecule has 0 unspecified atom stereocenters. The van der Waals surface area contributed by atoms with Crippen molar-refractivity contribution in [1.29, 1.82) is 0 Å². The Labute approximate surface area is 72.0 Å². The third-order valence-corrected chi connectivity index (χ3v) is 2.31. The molecule has 0 saturated heterocycles. The largest absolute Gasteiger partial charge is 0.114 e. The summed E-state index contributed by atoms with van der Waals surface area (Å²) in [6.07, 6.45) is 0. The summed E-state index contributed by atoms with van der Waals surface area (Å²) in [6.45, 7) is 4.52. The molecule has 3 rings (SSSR count). The van der Waals surface area contributed by atoms with E-state index in [9.17, 15) is 0 Å². The van der Waals surface area contributed by atoms with Crippen LogP contribution in [-0.4, -0.2) is 0 Å². The molecule has 2 aliphatic carbocycles. The predicted molar refractivity (Wildman–Crippen MR) is 48.9 cm³/mol. The summed E-state index contributed by atoms with van der Waals surface area (Å²) < 4.78 is 0. The van der Waals surface area contributed by atoms with Crippen LogP contribution in [0.3, 0.4) is 0 Å². The highest BCUT2D eigenvalue weighted by Crippen LogP contribution is 2.40. The lowest BCUT2D eigenvalue weighted by Crippen LogP contribution is -2.26. The number of hydrogen-bond acceptors (Lipinski definition) is 0. The molecule has 0 fully saturated rings. The Morgan fingerprint density at radius 1 is 1.10 bits per heavy atom. The monoisotopic (exact) mass is 198 g/mol. The minimum absolute atomic E-state index is 0. The van der Waals surface area contributed by atoms with Crippen LogP contribution in [0.25, 0.3) is 0 Å². The third-order valence-electron chi connectivity index (χ3n) is 2.31. The zero-order valence-corrected chi connectivity index (χ0v) is 7.93. The minimum Gasteiger partial charge on any atom is -0.114 e. The van der Waals surface area contributed by atoms with Gasteiger partial charge < -0.3 is 0 Å². The zero-order chi connectivity index (χ0) is 6.48. The van der Waals surface area contributed by atoms with Gasteiger partial charge in [0, 0.05) is 5.41 Å². The van der Waals surface area contributed by atoms with Crippen LogP contribution in [0.5, 0.6) is 0 Å². The highest BCUT2D eigenvalue weighted by Gasteiger charge is 2.30. The van der Waals surface area contributed by atoms with E-state index >= 15 is 0 Å². The highest BCUT2D eigenvalue weighted by molar-refractivity contribution is 8.93. The molecule has 0 heterocycles. The maximum atomic E-state index is 2.26. The van der Waals surface area contributed by atoms with Gasteiger partial charge in [0.1, 0.15) is 0 Å². The van der Waals surface area contributed by atoms with Crippen LogP contribution in [0.1, 0.15) is 25.0 Å². The van der Waals surface area contributed by atoms with Crippen LogP contribution in [0.15, 0.2) is 24.3 Å². The number of fused-ring (bicyclic) bond motifs is 2. The van der Waals surface area contributed by atoms with Gasteiger partial charge in [0.25, 0.3) is 0 Å². The van der Waals surface area contributed by atoms with Crippen LogP contribution in [-0.2, 0) is 5.41 Å². The SMILES string of the molecule is Br.CC1(C)c2cccc1c2. The van der Waals surface area contributed by atoms with Gasteiger partial charge in [-0.3, -0.25) is 0 Å². The van der Waals surface area contributed by atoms with E-state index in [1.165, 1.54) is 11.1 Å². The Kier molecular flexibility index (Phi) is 1.63. The molecule has 0 saturated carbocycles. The highest BCUT2D eigenvalue weighted by atomic mass is 79.9. The zero-order valence-electron chi connectivity index (χ0n) is 6.22. The second-order valence-electron chi connectivity index (χ2n) is 3.21. The van der Waals surface area contributed by atoms with Crippen molar-refractivity contribution in [3.63, 3.8) is 0 Å². The first-order valence-electron chi connectivity index (χ1n) is 3.32. The van der Waals surface area contributed by atoms with Crippen molar-refractivity contribution in [1.82, 2.24) is 0 Å². The molecule has 0 nitrogen and oxygen atoms in total. The van der Waals surface area contributed by atoms with Crippen LogP contribution in [0, 0.1) is 0 Å². The number of benzene rings is 1. The van der Waals surface area contributed by atoms with Gasteiger partial charge in [0.2, 0.25) is 0 Å². The number of halogens is 1. The van der Waals surface area contributed by atoms with Gasteiger partial charge in [-0.2, -0.15) is 0 Å². The normalized spacial score (nSPS) is 17.0. The standard InChI is InChI=1S/C9H10.BrH/c1-9(2)7-4-3-5-8(9)6-7;/h3-6H,1-2H3;1H. The van der Waals surface area contributed by atoms with Crippen molar-refractivity contribution in [2.45, 2.75) is 19.3 Å². The fourth-order valence-electron chi connectivity index (χ4n) is 1.39. The van der Waals surface area contributed by atoms with Crippen molar-refractivity contribution >= 4 is 17.0 Å². The van der Waals surface area contributed by atoms with Crippen LogP contribution >= 0.6 is 17.0 Å². The first-order chi connectivity index (χ1) is 4.21. The summed E-state index contributed by atoms with van der Waals surface area (Å²) >= 11 is 0. The number of rotatable bonds is 0. The average Bonchev–Trinajstić information content (AvgIpc) is 1.89. The molecule has 0 N–H and O–H groups in total. The smallest absolute Gasteiger partial charge is 0.0146 e. The van der Waals surface area contributed by atoms with Crippen molar-refractivity contribution < 1.29 is 0 Å². The van der Waals surface area contributed by atoms with E-state index < -0.39 is 0 Å². The topological polar surface area (TPSA) is 0 Å². The molecule has 2 bridgehead atoms. The summed E-state index contributed by atoms with van der Waals surface area (Å²) in [5.41, 5.74) is 3.31. The lowest BCUT2D eigenvalue weighted by Gasteiger charge is -2.35. The third kappa shape index (κ3) is 0.734. The molecule has 1 aromatic carbocycles. The van der Waals surface area contributed by atoms with Crippen molar-refractivity contribution in [2.75, 3.05) is 0 Å². The fraction of sp³-hybridized carbons (Fsp3) is 0.333. The van der Waals surface area contributed by atoms with Crippen molar-refractivity contribution in [3.8, 4) is 0 Å². The van der Waals surface area contributed by atoms with E-state index in [2.05, 4.69) is 38.1 Å². The molecule has 54 valence electrons. The lowest BCUT2D eigenvalue weighted by atomic mass is 9.69. The van der Waals surface area contributed by atoms with Gasteiger partial charge in [-0.25, -0.2) is 0 Å². The van der Waals surface area contributed by atoms with E-state index in [1.807, 2.05) is 0 Å². The van der Waals surface area contributed by atoms with Gasteiger partial charge in [-0.15, -0.1) is 17.0 Å². The van der Waals surface area contributed by atoms with E-state index in [-0.39, 0.29) is 17.0 Å². The van der Waals surface area contributed by atoms with Crippen LogP contribution in [0.2, 0.25) is 0 Å². The molecule has 0 amide bonds. The maximum absolute atomic E-state index is 2.26. The molecular weight excluding hydrogens is 188 g/mol. The van der Waals surface area contributed by atoms with E-state index in [4.69, 9.17) is 0 Å². The summed E-state index contributed by atoms with van der Waals surface area (Å²) in [6, 6.07) is 8.75. The van der Waals surface area contributed by atoms with E-state index in [0.717, 1.165) is 0 Å². The molecule has 1 aromatic rings. The average molecular weight is 199 g/mol. The Hall–Kier alpha value is -0.300. The summed E-state index contributed by atoms with van der Waals surface area (Å²) in [4.78, 5) is 0. The fourth-order valence-corrected chi connectivity index (χ4v) is 1.39. The molecule has 0 atom stereocenters. The first kappa shape index (κ1) is 7.80. The molecule has 0 aromatic heterocycles. The maximum Gasteiger partial charge on any atom is 0.0146 e. The summed E-state index contributed by atoms with van der Waals surface area (Å²) in [7, 11) is 0. The number of hydrogen-bond donors (Lipinski definition) is 0. The van der Waals surface area contributed by atoms with Crippen LogP contribution in [0.4, 0.5) is 0 Å². The quantitative estimate of drug-likeness (QED) is 0.602. The second-order valence-corrected chi connectivity index (χ2v) is 3.21. The molecule has 10 heavy (non-hydrogen) atoms. The summed E-state index contributed by atoms with van der Waals surface area (Å²) in [5.74, 6) is 0. The van der Waals surface area contributed by atoms with Gasteiger partial charge in [-0.05, 0) is 11.1 Å². The predicted octanol–water partition coefficient (Wildman–Crippen LogP) is 2.90. The first-order valence-corrected chi connectivity index (χ1v) is 3.32. The Morgan fingerprint density at radius 3 is 1.80 bits per heavy atom. The molecule has 2 aliphatic rings.